The molecule has 0 spiro atoms. The number of hydrogen-bond donors (Lipinski definition) is 0. The summed E-state index contributed by atoms with van der Waals surface area (Å²) < 4.78 is 11.8. The van der Waals surface area contributed by atoms with Gasteiger partial charge in [-0.1, -0.05) is 30.3 Å². The molecule has 0 aliphatic carbocycles. The Balaban J connectivity index is 1.90. The van der Waals surface area contributed by atoms with Gasteiger partial charge in [0.1, 0.15) is 17.2 Å². The number of rotatable bonds is 4. The predicted octanol–water partition coefficient (Wildman–Crippen LogP) is 2.59. The molecular formula is C11H11NOS2. The molecule has 78 valence electrons. The van der Waals surface area contributed by atoms with Crippen molar-refractivity contribution < 1.29 is 4.55 Å². The van der Waals surface area contributed by atoms with Crippen molar-refractivity contribution in [1.82, 2.24) is 4.98 Å². The van der Waals surface area contributed by atoms with Crippen molar-refractivity contribution in [3.63, 3.8) is 0 Å². The van der Waals surface area contributed by atoms with E-state index >= 15 is 0 Å². The lowest BCUT2D eigenvalue weighted by Gasteiger charge is -2.09. The molecule has 4 heteroatoms. The highest BCUT2D eigenvalue weighted by Gasteiger charge is 2.09. The lowest BCUT2D eigenvalue weighted by atomic mass is 10.2. The Kier molecular flexibility index (Phi) is 3.77. The molecule has 1 aromatic carbocycles. The fourth-order valence-corrected chi connectivity index (χ4v) is 3.10. The van der Waals surface area contributed by atoms with Crippen LogP contribution >= 0.6 is 11.3 Å². The van der Waals surface area contributed by atoms with Gasteiger partial charge < -0.3 is 4.55 Å². The summed E-state index contributed by atoms with van der Waals surface area (Å²) in [7, 11) is 0. The summed E-state index contributed by atoms with van der Waals surface area (Å²) in [6.45, 7) is 0. The molecule has 0 radical (unpaired) electrons. The average Bonchev–Trinajstić information content (AvgIpc) is 2.71. The smallest absolute Gasteiger partial charge is 0.148 e. The van der Waals surface area contributed by atoms with Crippen molar-refractivity contribution in [1.29, 1.82) is 0 Å². The van der Waals surface area contributed by atoms with Crippen LogP contribution in [0.3, 0.4) is 0 Å². The van der Waals surface area contributed by atoms with Gasteiger partial charge in [0.2, 0.25) is 0 Å². The Morgan fingerprint density at radius 1 is 1.20 bits per heavy atom. The number of benzene rings is 1. The van der Waals surface area contributed by atoms with Crippen LogP contribution in [0.2, 0.25) is 0 Å². The molecule has 0 fully saturated rings. The van der Waals surface area contributed by atoms with Crippen LogP contribution in [0.4, 0.5) is 0 Å². The molecule has 1 unspecified atom stereocenters. The topological polar surface area (TPSA) is 36.0 Å². The minimum Gasteiger partial charge on any atom is -0.616 e. The summed E-state index contributed by atoms with van der Waals surface area (Å²) in [6, 6.07) is 9.90. The van der Waals surface area contributed by atoms with Crippen LogP contribution in [-0.4, -0.2) is 9.54 Å². The van der Waals surface area contributed by atoms with Crippen LogP contribution in [-0.2, 0) is 22.7 Å². The molecule has 1 aromatic heterocycles. The van der Waals surface area contributed by atoms with Crippen LogP contribution in [0.5, 0.6) is 0 Å². The molecule has 0 N–H and O–H groups in total. The molecule has 2 rings (SSSR count). The maximum Gasteiger partial charge on any atom is 0.148 e. The van der Waals surface area contributed by atoms with Crippen LogP contribution in [0.25, 0.3) is 0 Å². The summed E-state index contributed by atoms with van der Waals surface area (Å²) in [5.41, 5.74) is 3.81. The summed E-state index contributed by atoms with van der Waals surface area (Å²) in [6.07, 6.45) is 0. The van der Waals surface area contributed by atoms with E-state index in [4.69, 9.17) is 0 Å². The van der Waals surface area contributed by atoms with Gasteiger partial charge in [0.05, 0.1) is 5.51 Å². The second kappa shape index (κ2) is 5.30. The SMILES string of the molecule is [O-][S+](Cc1ccccc1)Cc1cscn1. The zero-order chi connectivity index (χ0) is 10.5. The third-order valence-corrected chi connectivity index (χ3v) is 3.87. The number of aromatic nitrogens is 1. The van der Waals surface area contributed by atoms with Gasteiger partial charge in [-0.25, -0.2) is 4.98 Å². The summed E-state index contributed by atoms with van der Waals surface area (Å²) >= 11 is 0.686. The Morgan fingerprint density at radius 2 is 2.00 bits per heavy atom. The zero-order valence-corrected chi connectivity index (χ0v) is 9.76. The van der Waals surface area contributed by atoms with E-state index in [1.54, 1.807) is 16.8 Å². The van der Waals surface area contributed by atoms with Crippen LogP contribution < -0.4 is 0 Å². The third kappa shape index (κ3) is 3.34. The van der Waals surface area contributed by atoms with Crippen molar-refractivity contribution in [2.24, 2.45) is 0 Å². The standard InChI is InChI=1S/C11H11NOS2/c13-15(8-11-6-14-9-12-11)7-10-4-2-1-3-5-10/h1-6,9H,7-8H2. The maximum atomic E-state index is 11.8. The third-order valence-electron chi connectivity index (χ3n) is 1.96. The van der Waals surface area contributed by atoms with Crippen molar-refractivity contribution >= 4 is 22.5 Å². The highest BCUT2D eigenvalue weighted by Crippen LogP contribution is 2.12. The largest absolute Gasteiger partial charge is 0.616 e. The lowest BCUT2D eigenvalue weighted by molar-refractivity contribution is 0.593. The van der Waals surface area contributed by atoms with Crippen LogP contribution in [0.1, 0.15) is 11.3 Å². The van der Waals surface area contributed by atoms with E-state index in [0.717, 1.165) is 11.3 Å². The summed E-state index contributed by atoms with van der Waals surface area (Å²) in [5, 5.41) is 1.95. The molecule has 0 amide bonds. The molecule has 2 nitrogen and oxygen atoms in total. The Morgan fingerprint density at radius 3 is 2.67 bits per heavy atom. The van der Waals surface area contributed by atoms with Gasteiger partial charge in [0, 0.05) is 10.9 Å². The van der Waals surface area contributed by atoms with E-state index in [-0.39, 0.29) is 0 Å². The minimum absolute atomic E-state index is 0.554. The first-order valence-electron chi connectivity index (χ1n) is 4.60. The summed E-state index contributed by atoms with van der Waals surface area (Å²) in [4.78, 5) is 4.12. The van der Waals surface area contributed by atoms with Crippen molar-refractivity contribution in [3.05, 3.63) is 52.5 Å². The second-order valence-corrected chi connectivity index (χ2v) is 5.37. The maximum absolute atomic E-state index is 11.8. The van der Waals surface area contributed by atoms with Gasteiger partial charge in [-0.2, -0.15) is 0 Å². The molecule has 15 heavy (non-hydrogen) atoms. The molecule has 0 saturated heterocycles. The quantitative estimate of drug-likeness (QED) is 0.766. The average molecular weight is 237 g/mol. The second-order valence-electron chi connectivity index (χ2n) is 3.19. The zero-order valence-electron chi connectivity index (χ0n) is 8.13. The lowest BCUT2D eigenvalue weighted by Crippen LogP contribution is -2.07. The molecule has 0 saturated carbocycles. The van der Waals surface area contributed by atoms with Crippen molar-refractivity contribution in [3.8, 4) is 0 Å². The van der Waals surface area contributed by atoms with Crippen LogP contribution in [0.15, 0.2) is 41.2 Å². The summed E-state index contributed by atoms with van der Waals surface area (Å²) in [5.74, 6) is 1.16. The first-order valence-corrected chi connectivity index (χ1v) is 7.03. The molecule has 1 heterocycles. The van der Waals surface area contributed by atoms with Gasteiger partial charge in [-0.3, -0.25) is 0 Å². The highest BCUT2D eigenvalue weighted by molar-refractivity contribution is 7.89. The number of nitrogens with zero attached hydrogens (tertiary/aromatic N) is 1. The van der Waals surface area contributed by atoms with E-state index in [0.29, 0.717) is 11.5 Å². The fourth-order valence-electron chi connectivity index (χ4n) is 1.28. The Bertz CT molecular complexity index is 388. The number of thiazole rings is 1. The Hall–Kier alpha value is -0.840. The number of hydrogen-bond acceptors (Lipinski definition) is 3. The van der Waals surface area contributed by atoms with Gasteiger partial charge >= 0.3 is 0 Å². The van der Waals surface area contributed by atoms with E-state index in [9.17, 15) is 4.55 Å². The highest BCUT2D eigenvalue weighted by atomic mass is 32.2. The van der Waals surface area contributed by atoms with Gasteiger partial charge in [0.25, 0.3) is 0 Å². The van der Waals surface area contributed by atoms with E-state index in [1.165, 1.54) is 0 Å². The normalized spacial score (nSPS) is 12.6. The van der Waals surface area contributed by atoms with Gasteiger partial charge in [-0.05, 0) is 11.2 Å². The van der Waals surface area contributed by atoms with Gasteiger partial charge in [-0.15, -0.1) is 11.3 Å². The molecule has 0 aliphatic heterocycles. The molecular weight excluding hydrogens is 226 g/mol. The Labute approximate surface area is 96.2 Å². The molecule has 0 bridgehead atoms. The first kappa shape index (κ1) is 10.7. The van der Waals surface area contributed by atoms with Crippen molar-refractivity contribution in [2.75, 3.05) is 0 Å². The molecule has 2 aromatic rings. The molecule has 0 aliphatic rings. The minimum atomic E-state index is -0.856. The van der Waals surface area contributed by atoms with Crippen LogP contribution in [0, 0.1) is 0 Å². The first-order chi connectivity index (χ1) is 7.34. The van der Waals surface area contributed by atoms with E-state index < -0.39 is 11.2 Å². The van der Waals surface area contributed by atoms with Gasteiger partial charge in [0.15, 0.2) is 0 Å². The fraction of sp³-hybridized carbons (Fsp3) is 0.182. The van der Waals surface area contributed by atoms with Crippen molar-refractivity contribution in [2.45, 2.75) is 11.5 Å². The van der Waals surface area contributed by atoms with E-state index in [2.05, 4.69) is 4.98 Å². The monoisotopic (exact) mass is 237 g/mol. The predicted molar refractivity (Wildman–Crippen MR) is 64.1 cm³/mol. The van der Waals surface area contributed by atoms with E-state index in [1.807, 2.05) is 35.7 Å². The molecule has 1 atom stereocenters.